The molecular weight excluding hydrogens is 249 g/mol. The van der Waals surface area contributed by atoms with E-state index in [9.17, 15) is 18.0 Å². The zero-order chi connectivity index (χ0) is 8.31. The van der Waals surface area contributed by atoms with Crippen LogP contribution in [0.1, 0.15) is 0 Å². The zero-order valence-electron chi connectivity index (χ0n) is 4.59. The molecule has 0 aliphatic rings. The summed E-state index contributed by atoms with van der Waals surface area (Å²) in [7, 11) is -3.05. The summed E-state index contributed by atoms with van der Waals surface area (Å²) >= 11 is -3.27. The number of nitrogens with two attached hydrogens (primary N) is 2. The summed E-state index contributed by atoms with van der Waals surface area (Å²) in [6.07, 6.45) is 0. The molecule has 0 saturated heterocycles. The van der Waals surface area contributed by atoms with Crippen molar-refractivity contribution in [1.82, 2.24) is 0 Å². The first-order valence-corrected chi connectivity index (χ1v) is 6.98. The van der Waals surface area contributed by atoms with Gasteiger partial charge in [0.25, 0.3) is 0 Å². The molecule has 0 aromatic rings. The van der Waals surface area contributed by atoms with Gasteiger partial charge >= 0.3 is 61.9 Å². The molecule has 0 spiro atoms. The molecule has 0 fully saturated rings. The third-order valence-electron chi connectivity index (χ3n) is 0.459. The average molecular weight is 254 g/mol. The van der Waals surface area contributed by atoms with E-state index in [1.807, 2.05) is 0 Å². The maximum absolute atomic E-state index is 10.2. The van der Waals surface area contributed by atoms with Crippen LogP contribution in [0.15, 0.2) is 0 Å². The van der Waals surface area contributed by atoms with Crippen LogP contribution in [0.25, 0.3) is 0 Å². The van der Waals surface area contributed by atoms with Gasteiger partial charge in [-0.1, -0.05) is 0 Å². The van der Waals surface area contributed by atoms with E-state index < -0.39 is 32.4 Å². The van der Waals surface area contributed by atoms with Gasteiger partial charge in [-0.15, -0.1) is 0 Å². The third kappa shape index (κ3) is 2.40. The van der Waals surface area contributed by atoms with E-state index >= 15 is 0 Å². The predicted molar refractivity (Wildman–Crippen MR) is 29.5 cm³/mol. The Hall–Kier alpha value is -0.487. The number of thiol groups is 1. The van der Waals surface area contributed by atoms with Gasteiger partial charge in [-0.05, 0) is 0 Å². The average Bonchev–Trinajstić information content (AvgIpc) is 1.59. The molecule has 0 atom stereocenters. The van der Waals surface area contributed by atoms with Crippen LogP contribution in [-0.2, 0) is 23.4 Å². The summed E-state index contributed by atoms with van der Waals surface area (Å²) < 4.78 is 18.0. The first kappa shape index (κ1) is 9.51. The summed E-state index contributed by atoms with van der Waals surface area (Å²) in [6.45, 7) is 0. The number of hydrogen-bond donors (Lipinski definition) is 3. The van der Waals surface area contributed by atoms with Crippen LogP contribution in [0.2, 0.25) is 0 Å². The number of hydrogen-bond acceptors (Lipinski definition) is 4. The molecule has 0 aromatic carbocycles. The Morgan fingerprint density at radius 3 is 1.40 bits per heavy atom. The van der Waals surface area contributed by atoms with Crippen LogP contribution in [0.3, 0.4) is 0 Å². The first-order valence-electron chi connectivity index (χ1n) is 1.86. The van der Waals surface area contributed by atoms with E-state index in [-0.39, 0.29) is 0 Å². The van der Waals surface area contributed by atoms with E-state index in [1.54, 1.807) is 0 Å². The van der Waals surface area contributed by atoms with Crippen molar-refractivity contribution >= 4 is 17.7 Å². The summed E-state index contributed by atoms with van der Waals surface area (Å²) in [5.74, 6) is 0. The van der Waals surface area contributed by atoms with Crippen LogP contribution < -0.4 is 11.5 Å². The second-order valence-corrected chi connectivity index (χ2v) is 8.14. The van der Waals surface area contributed by atoms with Crippen molar-refractivity contribution in [3.05, 3.63) is 0 Å². The first-order chi connectivity index (χ1) is 4.46. The molecule has 0 saturated carbocycles. The molecule has 61 valence electrons. The Morgan fingerprint density at radius 1 is 1.10 bits per heavy atom. The van der Waals surface area contributed by atoms with Gasteiger partial charge in [-0.2, -0.15) is 0 Å². The van der Waals surface area contributed by atoms with Gasteiger partial charge in [-0.25, -0.2) is 0 Å². The summed E-state index contributed by atoms with van der Waals surface area (Å²) in [4.78, 5) is 20.4. The second-order valence-electron chi connectivity index (χ2n) is 1.03. The van der Waals surface area contributed by atoms with Crippen LogP contribution >= 0.6 is 0 Å². The standard InChI is InChI=1S/2CH2NO.HO2S.Ru/c2*2-1-3;1-3-2;/h2*(H2,2,3);3H;. The Kier molecular flexibility index (Phi) is 3.45. The van der Waals surface area contributed by atoms with Crippen LogP contribution in [0.4, 0.5) is 9.59 Å². The molecule has 0 rings (SSSR count). The topological polar surface area (TPSA) is 120 Å². The number of carbonyl (C=O) groups is 2. The van der Waals surface area contributed by atoms with Crippen LogP contribution in [0.5, 0.6) is 0 Å². The molecule has 0 bridgehead atoms. The van der Waals surface area contributed by atoms with Crippen molar-refractivity contribution in [1.29, 1.82) is 0 Å². The molecule has 4 N–H and O–H groups in total. The van der Waals surface area contributed by atoms with E-state index in [0.717, 1.165) is 0 Å². The molecule has 0 unspecified atom stereocenters. The van der Waals surface area contributed by atoms with E-state index in [0.29, 0.717) is 0 Å². The molecule has 0 aliphatic heterocycles. The fourth-order valence-electron chi connectivity index (χ4n) is 0.213. The van der Waals surface area contributed by atoms with Crippen molar-refractivity contribution in [2.45, 2.75) is 0 Å². The monoisotopic (exact) mass is 255 g/mol. The second kappa shape index (κ2) is 3.63. The molecule has 8 heteroatoms. The molecule has 10 heavy (non-hydrogen) atoms. The Bertz CT molecular complexity index is 213. The molecule has 0 heterocycles. The SMILES string of the molecule is N[C](=O)[Ru]([C](N)=O)[SH](=O)=O. The predicted octanol–water partition coefficient (Wildman–Crippen LogP) is -1.71. The summed E-state index contributed by atoms with van der Waals surface area (Å²) in [5, 5.41) is 0. The van der Waals surface area contributed by atoms with Gasteiger partial charge in [-0.3, -0.25) is 0 Å². The quantitative estimate of drug-likeness (QED) is 0.410. The summed E-state index contributed by atoms with van der Waals surface area (Å²) in [5.41, 5.74) is 9.16. The fraction of sp³-hybridized carbons (Fsp3) is 0. The molecule has 0 aromatic heterocycles. The van der Waals surface area contributed by atoms with Crippen molar-refractivity contribution in [3.63, 3.8) is 0 Å². The maximum atomic E-state index is 10.2. The third-order valence-corrected chi connectivity index (χ3v) is 6.09. The van der Waals surface area contributed by atoms with Gasteiger partial charge in [0.1, 0.15) is 0 Å². The molecule has 0 radical (unpaired) electrons. The molecular formula is C2H5N2O4RuS. The minimum absolute atomic E-state index is 1.10. The van der Waals surface area contributed by atoms with E-state index in [2.05, 4.69) is 11.5 Å². The number of rotatable bonds is 3. The van der Waals surface area contributed by atoms with Gasteiger partial charge in [0, 0.05) is 0 Å². The van der Waals surface area contributed by atoms with E-state index in [4.69, 9.17) is 0 Å². The fourth-order valence-corrected chi connectivity index (χ4v) is 2.77. The molecule has 0 aliphatic carbocycles. The van der Waals surface area contributed by atoms with Crippen LogP contribution in [-0.4, -0.2) is 17.4 Å². The summed E-state index contributed by atoms with van der Waals surface area (Å²) in [6, 6.07) is 0. The Morgan fingerprint density at radius 2 is 1.40 bits per heavy atom. The van der Waals surface area contributed by atoms with Gasteiger partial charge < -0.3 is 0 Å². The zero-order valence-corrected chi connectivity index (χ0v) is 7.22. The number of primary amides is 2. The van der Waals surface area contributed by atoms with Gasteiger partial charge in [0.2, 0.25) is 0 Å². The minimum atomic E-state index is -3.27. The number of amides is 2. The van der Waals surface area contributed by atoms with E-state index in [1.165, 1.54) is 0 Å². The van der Waals surface area contributed by atoms with Crippen molar-refractivity contribution < 1.29 is 32.7 Å². The molecule has 6 nitrogen and oxygen atoms in total. The van der Waals surface area contributed by atoms with Crippen molar-refractivity contribution in [2.75, 3.05) is 0 Å². The van der Waals surface area contributed by atoms with Crippen molar-refractivity contribution in [3.8, 4) is 0 Å². The van der Waals surface area contributed by atoms with Gasteiger partial charge in [0.05, 0.1) is 0 Å². The normalized spacial score (nSPS) is 11.1. The Labute approximate surface area is 62.3 Å². The van der Waals surface area contributed by atoms with Gasteiger partial charge in [0.15, 0.2) is 0 Å². The Balaban J connectivity index is 4.59. The van der Waals surface area contributed by atoms with Crippen LogP contribution in [0, 0.1) is 0 Å². The molecule has 2 amide bonds. The van der Waals surface area contributed by atoms with Crippen molar-refractivity contribution in [2.24, 2.45) is 11.5 Å². The number of carbonyl (C=O) groups excluding carboxylic acids is 2.